The Hall–Kier alpha value is -1.85. The van der Waals surface area contributed by atoms with Gasteiger partial charge in [-0.2, -0.15) is 0 Å². The van der Waals surface area contributed by atoms with Gasteiger partial charge in [0.15, 0.2) is 0 Å². The van der Waals surface area contributed by atoms with Crippen molar-refractivity contribution in [3.05, 3.63) is 70.5 Å². The monoisotopic (exact) mass is 266 g/mol. The molecule has 100 valence electrons. The van der Waals surface area contributed by atoms with Gasteiger partial charge in [0.1, 0.15) is 17.5 Å². The van der Waals surface area contributed by atoms with Crippen LogP contribution in [0.3, 0.4) is 0 Å². The molecule has 0 heterocycles. The van der Waals surface area contributed by atoms with Gasteiger partial charge in [-0.05, 0) is 48.4 Å². The predicted octanol–water partition coefficient (Wildman–Crippen LogP) is 2.97. The Balaban J connectivity index is 2.52. The van der Waals surface area contributed by atoms with E-state index in [9.17, 15) is 13.2 Å². The van der Waals surface area contributed by atoms with E-state index < -0.39 is 23.5 Å². The average molecular weight is 266 g/mol. The Morgan fingerprint density at radius 3 is 2.37 bits per heavy atom. The summed E-state index contributed by atoms with van der Waals surface area (Å²) < 4.78 is 40.3. The molecule has 0 fully saturated rings. The summed E-state index contributed by atoms with van der Waals surface area (Å²) in [6.07, 6.45) is 0. The minimum atomic E-state index is -0.815. The van der Waals surface area contributed by atoms with Crippen molar-refractivity contribution in [2.45, 2.75) is 13.0 Å². The summed E-state index contributed by atoms with van der Waals surface area (Å²) in [5.74, 6) is 3.76. The van der Waals surface area contributed by atoms with Crippen LogP contribution in [0, 0.1) is 24.4 Å². The molecule has 2 aromatic rings. The van der Waals surface area contributed by atoms with Crippen LogP contribution >= 0.6 is 0 Å². The zero-order valence-electron chi connectivity index (χ0n) is 10.3. The van der Waals surface area contributed by atoms with Gasteiger partial charge in [0.2, 0.25) is 0 Å². The maximum atomic E-state index is 13.7. The normalized spacial score (nSPS) is 12.5. The molecule has 1 unspecified atom stereocenters. The highest BCUT2D eigenvalue weighted by atomic mass is 19.1. The summed E-state index contributed by atoms with van der Waals surface area (Å²) >= 11 is 0. The molecule has 0 saturated carbocycles. The second-order valence-corrected chi connectivity index (χ2v) is 4.33. The number of nitrogens with two attached hydrogens (primary N) is 1. The molecule has 1 atom stereocenters. The maximum absolute atomic E-state index is 13.7. The first-order valence-corrected chi connectivity index (χ1v) is 5.69. The molecule has 3 N–H and O–H groups in total. The lowest BCUT2D eigenvalue weighted by Gasteiger charge is -2.18. The first-order chi connectivity index (χ1) is 9.01. The highest BCUT2D eigenvalue weighted by molar-refractivity contribution is 5.35. The lowest BCUT2D eigenvalue weighted by atomic mass is 9.97. The third-order valence-corrected chi connectivity index (χ3v) is 2.83. The Bertz CT molecular complexity index is 579. The summed E-state index contributed by atoms with van der Waals surface area (Å²) in [5.41, 5.74) is 3.53. The van der Waals surface area contributed by atoms with Crippen molar-refractivity contribution in [3.63, 3.8) is 0 Å². The minimum Gasteiger partial charge on any atom is -0.271 e. The molecule has 0 aliphatic heterocycles. The molecule has 2 nitrogen and oxygen atoms in total. The number of hydrazine groups is 1. The first kappa shape index (κ1) is 13.6. The Morgan fingerprint density at radius 2 is 1.74 bits per heavy atom. The van der Waals surface area contributed by atoms with Crippen molar-refractivity contribution >= 4 is 0 Å². The smallest absolute Gasteiger partial charge is 0.128 e. The SMILES string of the molecule is Cc1cc(F)cc(C(NN)c2cc(F)ccc2F)c1. The Labute approximate surface area is 109 Å². The number of rotatable bonds is 3. The molecule has 0 amide bonds. The van der Waals surface area contributed by atoms with Crippen LogP contribution in [0.25, 0.3) is 0 Å². The fourth-order valence-corrected chi connectivity index (χ4v) is 2.03. The number of nitrogens with one attached hydrogen (secondary N) is 1. The molecule has 19 heavy (non-hydrogen) atoms. The van der Waals surface area contributed by atoms with E-state index in [1.807, 2.05) is 0 Å². The number of hydrogen-bond donors (Lipinski definition) is 2. The van der Waals surface area contributed by atoms with Crippen molar-refractivity contribution in [1.29, 1.82) is 0 Å². The molecular weight excluding hydrogens is 253 g/mol. The van der Waals surface area contributed by atoms with E-state index in [2.05, 4.69) is 5.43 Å². The standard InChI is InChI=1S/C14H13F3N2/c1-8-4-9(6-11(16)5-8)14(19-18)12-7-10(15)2-3-13(12)17/h2-7,14,19H,18H2,1H3. The minimum absolute atomic E-state index is 0.0347. The molecule has 2 rings (SSSR count). The highest BCUT2D eigenvalue weighted by Crippen LogP contribution is 2.26. The average Bonchev–Trinajstić information content (AvgIpc) is 2.33. The molecule has 2 aromatic carbocycles. The topological polar surface area (TPSA) is 38.0 Å². The van der Waals surface area contributed by atoms with E-state index in [-0.39, 0.29) is 5.56 Å². The van der Waals surface area contributed by atoms with Crippen LogP contribution in [0.1, 0.15) is 22.7 Å². The second-order valence-electron chi connectivity index (χ2n) is 4.33. The number of hydrogen-bond acceptors (Lipinski definition) is 2. The van der Waals surface area contributed by atoms with Crippen LogP contribution in [0.15, 0.2) is 36.4 Å². The van der Waals surface area contributed by atoms with Crippen LogP contribution in [0.4, 0.5) is 13.2 Å². The van der Waals surface area contributed by atoms with Crippen molar-refractivity contribution in [3.8, 4) is 0 Å². The maximum Gasteiger partial charge on any atom is 0.128 e. The van der Waals surface area contributed by atoms with Crippen molar-refractivity contribution in [2.24, 2.45) is 5.84 Å². The van der Waals surface area contributed by atoms with Crippen LogP contribution in [-0.2, 0) is 0 Å². The Morgan fingerprint density at radius 1 is 1.00 bits per heavy atom. The van der Waals surface area contributed by atoms with Crippen molar-refractivity contribution in [2.75, 3.05) is 0 Å². The van der Waals surface area contributed by atoms with Crippen LogP contribution in [0.5, 0.6) is 0 Å². The predicted molar refractivity (Wildman–Crippen MR) is 66.7 cm³/mol. The zero-order valence-corrected chi connectivity index (χ0v) is 10.3. The molecule has 0 saturated heterocycles. The number of halogens is 3. The fraction of sp³-hybridized carbons (Fsp3) is 0.143. The van der Waals surface area contributed by atoms with Gasteiger partial charge in [-0.3, -0.25) is 5.84 Å². The molecule has 0 spiro atoms. The zero-order chi connectivity index (χ0) is 14.0. The van der Waals surface area contributed by atoms with E-state index in [4.69, 9.17) is 5.84 Å². The molecule has 0 radical (unpaired) electrons. The molecule has 0 aromatic heterocycles. The van der Waals surface area contributed by atoms with Gasteiger partial charge in [-0.25, -0.2) is 18.6 Å². The van der Waals surface area contributed by atoms with Gasteiger partial charge >= 0.3 is 0 Å². The molecule has 5 heteroatoms. The van der Waals surface area contributed by atoms with Gasteiger partial charge < -0.3 is 0 Å². The lowest BCUT2D eigenvalue weighted by molar-refractivity contribution is 0.542. The number of aryl methyl sites for hydroxylation is 1. The van der Waals surface area contributed by atoms with Gasteiger partial charge in [-0.15, -0.1) is 0 Å². The molecule has 0 aliphatic rings. The van der Waals surface area contributed by atoms with E-state index in [0.29, 0.717) is 11.1 Å². The molecular formula is C14H13F3N2. The second kappa shape index (κ2) is 5.42. The van der Waals surface area contributed by atoms with Gasteiger partial charge in [0, 0.05) is 5.56 Å². The number of benzene rings is 2. The van der Waals surface area contributed by atoms with E-state index >= 15 is 0 Å². The Kier molecular flexibility index (Phi) is 3.87. The lowest BCUT2D eigenvalue weighted by Crippen LogP contribution is -2.29. The largest absolute Gasteiger partial charge is 0.271 e. The third-order valence-electron chi connectivity index (χ3n) is 2.83. The van der Waals surface area contributed by atoms with Crippen LogP contribution in [0.2, 0.25) is 0 Å². The van der Waals surface area contributed by atoms with E-state index in [0.717, 1.165) is 18.2 Å². The molecule has 0 bridgehead atoms. The summed E-state index contributed by atoms with van der Waals surface area (Å²) in [5, 5.41) is 0. The fourth-order valence-electron chi connectivity index (χ4n) is 2.03. The van der Waals surface area contributed by atoms with E-state index in [1.165, 1.54) is 12.1 Å². The summed E-state index contributed by atoms with van der Waals surface area (Å²) in [6.45, 7) is 1.71. The third kappa shape index (κ3) is 2.94. The summed E-state index contributed by atoms with van der Waals surface area (Å²) in [4.78, 5) is 0. The highest BCUT2D eigenvalue weighted by Gasteiger charge is 2.18. The first-order valence-electron chi connectivity index (χ1n) is 5.69. The van der Waals surface area contributed by atoms with E-state index in [1.54, 1.807) is 13.0 Å². The van der Waals surface area contributed by atoms with Crippen LogP contribution in [-0.4, -0.2) is 0 Å². The molecule has 0 aliphatic carbocycles. The summed E-state index contributed by atoms with van der Waals surface area (Å²) in [6, 6.07) is 6.51. The van der Waals surface area contributed by atoms with Gasteiger partial charge in [0.05, 0.1) is 6.04 Å². The quantitative estimate of drug-likeness (QED) is 0.662. The summed E-state index contributed by atoms with van der Waals surface area (Å²) in [7, 11) is 0. The van der Waals surface area contributed by atoms with Crippen molar-refractivity contribution in [1.82, 2.24) is 5.43 Å². The van der Waals surface area contributed by atoms with Crippen molar-refractivity contribution < 1.29 is 13.2 Å². The van der Waals surface area contributed by atoms with Crippen LogP contribution < -0.4 is 11.3 Å². The van der Waals surface area contributed by atoms with Gasteiger partial charge in [0.25, 0.3) is 0 Å². The van der Waals surface area contributed by atoms with Gasteiger partial charge in [-0.1, -0.05) is 6.07 Å².